The molecule has 4 rings (SSSR count). The highest BCUT2D eigenvalue weighted by molar-refractivity contribution is 7.99. The van der Waals surface area contributed by atoms with E-state index in [0.29, 0.717) is 28.4 Å². The molecule has 0 fully saturated rings. The van der Waals surface area contributed by atoms with Crippen LogP contribution in [0.5, 0.6) is 5.75 Å². The molecule has 1 aromatic heterocycles. The third-order valence-corrected chi connectivity index (χ3v) is 6.36. The molecule has 168 valence electrons. The molecule has 0 spiro atoms. The minimum atomic E-state index is -0.526. The summed E-state index contributed by atoms with van der Waals surface area (Å²) in [5, 5.41) is 20.7. The average molecular weight is 481 g/mol. The van der Waals surface area contributed by atoms with Crippen LogP contribution in [-0.4, -0.2) is 26.2 Å². The lowest BCUT2D eigenvalue weighted by atomic mass is 10.1. The fourth-order valence-corrected chi connectivity index (χ4v) is 4.71. The minimum Gasteiger partial charge on any atom is -0.489 e. The topological polar surface area (TPSA) is 83.1 Å². The van der Waals surface area contributed by atoms with Crippen LogP contribution < -0.4 is 4.74 Å². The van der Waals surface area contributed by atoms with E-state index in [2.05, 4.69) is 10.2 Å². The van der Waals surface area contributed by atoms with E-state index in [9.17, 15) is 10.1 Å². The van der Waals surface area contributed by atoms with Crippen molar-refractivity contribution < 1.29 is 9.66 Å². The first-order chi connectivity index (χ1) is 16.0. The van der Waals surface area contributed by atoms with Crippen LogP contribution in [-0.2, 0) is 6.61 Å². The normalized spacial score (nSPS) is 11.8. The second-order valence-electron chi connectivity index (χ2n) is 7.28. The van der Waals surface area contributed by atoms with E-state index in [1.54, 1.807) is 12.1 Å². The van der Waals surface area contributed by atoms with E-state index < -0.39 is 5.25 Å². The lowest BCUT2D eigenvalue weighted by molar-refractivity contribution is -0.479. The van der Waals surface area contributed by atoms with Gasteiger partial charge < -0.3 is 4.74 Å². The van der Waals surface area contributed by atoms with Gasteiger partial charge in [0.15, 0.2) is 5.16 Å². The van der Waals surface area contributed by atoms with Crippen LogP contribution in [0.25, 0.3) is 5.69 Å². The lowest BCUT2D eigenvalue weighted by Crippen LogP contribution is -2.12. The minimum absolute atomic E-state index is 0.289. The van der Waals surface area contributed by atoms with E-state index in [1.807, 2.05) is 78.2 Å². The zero-order chi connectivity index (χ0) is 23.2. The number of para-hydroxylation sites is 1. The molecular weight excluding hydrogens is 460 g/mol. The Balaban J connectivity index is 1.64. The van der Waals surface area contributed by atoms with Crippen LogP contribution in [0.1, 0.15) is 22.2 Å². The zero-order valence-corrected chi connectivity index (χ0v) is 19.4. The maximum absolute atomic E-state index is 11.6. The average Bonchev–Trinajstić information content (AvgIpc) is 3.18. The van der Waals surface area contributed by atoms with Crippen molar-refractivity contribution in [1.29, 1.82) is 0 Å². The summed E-state index contributed by atoms with van der Waals surface area (Å²) < 4.78 is 7.93. The molecule has 0 N–H and O–H groups in total. The molecule has 1 heterocycles. The van der Waals surface area contributed by atoms with E-state index >= 15 is 0 Å². The lowest BCUT2D eigenvalue weighted by Gasteiger charge is -2.18. The number of nitrogens with zero attached hydrogens (tertiary/aromatic N) is 4. The van der Waals surface area contributed by atoms with Crippen molar-refractivity contribution in [1.82, 2.24) is 14.8 Å². The van der Waals surface area contributed by atoms with Gasteiger partial charge in [-0.15, -0.1) is 10.2 Å². The first-order valence-electron chi connectivity index (χ1n) is 10.2. The Morgan fingerprint density at radius 3 is 2.45 bits per heavy atom. The second kappa shape index (κ2) is 10.5. The van der Waals surface area contributed by atoms with Gasteiger partial charge >= 0.3 is 0 Å². The molecule has 0 amide bonds. The van der Waals surface area contributed by atoms with Gasteiger partial charge in [0.05, 0.1) is 0 Å². The number of halogens is 1. The van der Waals surface area contributed by atoms with Gasteiger partial charge in [-0.1, -0.05) is 71.9 Å². The summed E-state index contributed by atoms with van der Waals surface area (Å²) in [4.78, 5) is 11.2. The van der Waals surface area contributed by atoms with Crippen LogP contribution in [0.15, 0.2) is 84.0 Å². The molecule has 0 aliphatic carbocycles. The molecule has 7 nitrogen and oxygen atoms in total. The Morgan fingerprint density at radius 2 is 1.73 bits per heavy atom. The van der Waals surface area contributed by atoms with Crippen molar-refractivity contribution in [2.75, 3.05) is 6.54 Å². The van der Waals surface area contributed by atoms with Gasteiger partial charge in [-0.25, -0.2) is 0 Å². The van der Waals surface area contributed by atoms with Gasteiger partial charge in [0.25, 0.3) is 0 Å². The fraction of sp³-hybridized carbons (Fsp3) is 0.167. The molecule has 9 heteroatoms. The molecule has 3 aromatic carbocycles. The molecule has 4 aromatic rings. The highest BCUT2D eigenvalue weighted by Gasteiger charge is 2.26. The van der Waals surface area contributed by atoms with Gasteiger partial charge in [0, 0.05) is 21.2 Å². The number of rotatable bonds is 9. The SMILES string of the molecule is Cc1nnc(S[C@@H](C[N+](=O)[O-])c2ccccc2OCc2ccccc2)n1-c1ccc(Cl)cc1. The number of thioether (sulfide) groups is 1. The Morgan fingerprint density at radius 1 is 1.03 bits per heavy atom. The first-order valence-corrected chi connectivity index (χ1v) is 11.5. The summed E-state index contributed by atoms with van der Waals surface area (Å²) in [5.41, 5.74) is 2.58. The van der Waals surface area contributed by atoms with Gasteiger partial charge in [-0.2, -0.15) is 0 Å². The maximum atomic E-state index is 11.6. The standard InChI is InChI=1S/C24H21ClN4O3S/c1-17-26-27-24(29(17)20-13-11-19(25)12-14-20)33-23(15-28(30)31)21-9-5-6-10-22(21)32-16-18-7-3-2-4-8-18/h2-14,23H,15-16H2,1H3/t23-/m0/s1. The summed E-state index contributed by atoms with van der Waals surface area (Å²) in [6, 6.07) is 24.5. The summed E-state index contributed by atoms with van der Waals surface area (Å²) in [5.74, 6) is 1.28. The number of ether oxygens (including phenoxy) is 1. The van der Waals surface area contributed by atoms with Crippen LogP contribution in [0.4, 0.5) is 0 Å². The predicted molar refractivity (Wildman–Crippen MR) is 129 cm³/mol. The van der Waals surface area contributed by atoms with Crippen molar-refractivity contribution in [2.45, 2.75) is 23.9 Å². The summed E-state index contributed by atoms with van der Waals surface area (Å²) in [6.07, 6.45) is 0. The van der Waals surface area contributed by atoms with Crippen molar-refractivity contribution in [3.8, 4) is 11.4 Å². The quantitative estimate of drug-likeness (QED) is 0.168. The molecular formula is C24H21ClN4O3S. The molecule has 0 aliphatic rings. The van der Waals surface area contributed by atoms with Gasteiger partial charge in [0.1, 0.15) is 23.4 Å². The Labute approximate surface area is 200 Å². The first kappa shape index (κ1) is 22.8. The van der Waals surface area contributed by atoms with E-state index in [0.717, 1.165) is 16.8 Å². The molecule has 0 radical (unpaired) electrons. The molecule has 0 aliphatic heterocycles. The highest BCUT2D eigenvalue weighted by Crippen LogP contribution is 2.40. The summed E-state index contributed by atoms with van der Waals surface area (Å²) >= 11 is 7.32. The van der Waals surface area contributed by atoms with Crippen LogP contribution in [0.3, 0.4) is 0 Å². The van der Waals surface area contributed by atoms with Gasteiger partial charge in [0.2, 0.25) is 6.54 Å². The van der Waals surface area contributed by atoms with Crippen molar-refractivity contribution in [2.24, 2.45) is 0 Å². The molecule has 1 atom stereocenters. The zero-order valence-electron chi connectivity index (χ0n) is 17.8. The number of nitro groups is 1. The van der Waals surface area contributed by atoms with Crippen molar-refractivity contribution in [3.63, 3.8) is 0 Å². The Hall–Kier alpha value is -3.36. The number of aromatic nitrogens is 3. The third-order valence-electron chi connectivity index (χ3n) is 4.95. The number of benzene rings is 3. The molecule has 0 bridgehead atoms. The largest absolute Gasteiger partial charge is 0.489 e. The molecule has 0 saturated carbocycles. The van der Waals surface area contributed by atoms with Gasteiger partial charge in [-0.05, 0) is 42.8 Å². The fourth-order valence-electron chi connectivity index (χ4n) is 3.38. The second-order valence-corrected chi connectivity index (χ2v) is 8.88. The molecule has 0 unspecified atom stereocenters. The van der Waals surface area contributed by atoms with Crippen LogP contribution in [0, 0.1) is 17.0 Å². The van der Waals surface area contributed by atoms with Crippen molar-refractivity contribution in [3.05, 3.63) is 111 Å². The maximum Gasteiger partial charge on any atom is 0.220 e. The van der Waals surface area contributed by atoms with Gasteiger partial charge in [-0.3, -0.25) is 14.7 Å². The number of hydrogen-bond donors (Lipinski definition) is 0. The van der Waals surface area contributed by atoms with E-state index in [-0.39, 0.29) is 11.5 Å². The summed E-state index contributed by atoms with van der Waals surface area (Å²) in [6.45, 7) is 1.92. The monoisotopic (exact) mass is 480 g/mol. The summed E-state index contributed by atoms with van der Waals surface area (Å²) in [7, 11) is 0. The Bertz CT molecular complexity index is 1230. The number of hydrogen-bond acceptors (Lipinski definition) is 6. The van der Waals surface area contributed by atoms with Crippen LogP contribution >= 0.6 is 23.4 Å². The van der Waals surface area contributed by atoms with Crippen molar-refractivity contribution >= 4 is 23.4 Å². The van der Waals surface area contributed by atoms with E-state index in [4.69, 9.17) is 16.3 Å². The smallest absolute Gasteiger partial charge is 0.220 e. The van der Waals surface area contributed by atoms with Crippen LogP contribution in [0.2, 0.25) is 5.02 Å². The molecule has 33 heavy (non-hydrogen) atoms. The Kier molecular flexibility index (Phi) is 7.26. The third kappa shape index (κ3) is 5.71. The molecule has 0 saturated heterocycles. The highest BCUT2D eigenvalue weighted by atomic mass is 35.5. The number of aryl methyl sites for hydroxylation is 1. The van der Waals surface area contributed by atoms with E-state index in [1.165, 1.54) is 11.8 Å². The predicted octanol–water partition coefficient (Wildman–Crippen LogP) is 5.92.